The summed E-state index contributed by atoms with van der Waals surface area (Å²) in [4.78, 5) is 6.93. The molecule has 0 fully saturated rings. The van der Waals surface area contributed by atoms with Crippen molar-refractivity contribution in [1.82, 2.24) is 4.90 Å². The summed E-state index contributed by atoms with van der Waals surface area (Å²) >= 11 is 0. The van der Waals surface area contributed by atoms with Gasteiger partial charge < -0.3 is 5.11 Å². The van der Waals surface area contributed by atoms with Gasteiger partial charge in [0.05, 0.1) is 12.3 Å². The van der Waals surface area contributed by atoms with Crippen LogP contribution in [-0.2, 0) is 0 Å². The highest BCUT2D eigenvalue weighted by atomic mass is 16.3. The fraction of sp³-hybridized carbons (Fsp3) is 0.786. The first-order chi connectivity index (χ1) is 8.21. The molecular weight excluding hydrogens is 212 g/mol. The van der Waals surface area contributed by atoms with Gasteiger partial charge in [-0.2, -0.15) is 0 Å². The van der Waals surface area contributed by atoms with Gasteiger partial charge in [-0.1, -0.05) is 27.7 Å². The second-order valence-corrected chi connectivity index (χ2v) is 4.05. The first-order valence-corrected chi connectivity index (χ1v) is 6.79. The van der Waals surface area contributed by atoms with Crippen molar-refractivity contribution < 1.29 is 5.11 Å². The van der Waals surface area contributed by atoms with E-state index in [1.165, 1.54) is 17.0 Å². The Morgan fingerprint density at radius 1 is 1.24 bits per heavy atom. The summed E-state index contributed by atoms with van der Waals surface area (Å²) in [5, 5.41) is 8.88. The molecule has 0 spiro atoms. The zero-order valence-electron chi connectivity index (χ0n) is 12.1. The van der Waals surface area contributed by atoms with Gasteiger partial charge in [-0.25, -0.2) is 0 Å². The molecule has 0 radical (unpaired) electrons. The molecule has 0 aromatic carbocycles. The Morgan fingerprint density at radius 2 is 1.82 bits per heavy atom. The van der Waals surface area contributed by atoms with Crippen molar-refractivity contribution in [3.63, 3.8) is 0 Å². The molecule has 0 saturated carbocycles. The third-order valence-corrected chi connectivity index (χ3v) is 2.85. The number of hydrogen-bond acceptors (Lipinski definition) is 3. The molecule has 0 aromatic rings. The molecule has 0 aliphatic carbocycles. The highest BCUT2D eigenvalue weighted by Gasteiger charge is 2.18. The van der Waals surface area contributed by atoms with E-state index in [0.29, 0.717) is 0 Å². The summed E-state index contributed by atoms with van der Waals surface area (Å²) in [7, 11) is 0. The van der Waals surface area contributed by atoms with Crippen LogP contribution in [0.3, 0.4) is 0 Å². The van der Waals surface area contributed by atoms with Crippen LogP contribution in [0, 0.1) is 0 Å². The molecule has 0 aromatic heterocycles. The molecule has 0 atom stereocenters. The van der Waals surface area contributed by atoms with E-state index in [1.807, 2.05) is 13.8 Å². The average molecular weight is 240 g/mol. The van der Waals surface area contributed by atoms with Gasteiger partial charge in [0.15, 0.2) is 0 Å². The van der Waals surface area contributed by atoms with Gasteiger partial charge >= 0.3 is 0 Å². The SMILES string of the molecule is CC.CCC(CC)=NC1=C(C)CN(CCO)C1. The van der Waals surface area contributed by atoms with Crippen molar-refractivity contribution in [1.29, 1.82) is 0 Å². The largest absolute Gasteiger partial charge is 0.395 e. The number of aliphatic hydroxyl groups is 1. The monoisotopic (exact) mass is 240 g/mol. The standard InChI is InChI=1S/C12H22N2O.C2H6/c1-4-11(5-2)13-12-9-14(6-7-15)8-10(12)3;1-2/h15H,4-9H2,1-3H3;1-2H3. The summed E-state index contributed by atoms with van der Waals surface area (Å²) in [5.74, 6) is 0. The molecular formula is C14H28N2O. The maximum absolute atomic E-state index is 8.88. The Morgan fingerprint density at radius 3 is 2.29 bits per heavy atom. The summed E-state index contributed by atoms with van der Waals surface area (Å²) in [6.45, 7) is 13.3. The van der Waals surface area contributed by atoms with Crippen LogP contribution < -0.4 is 0 Å². The van der Waals surface area contributed by atoms with Crippen LogP contribution in [0.25, 0.3) is 0 Å². The van der Waals surface area contributed by atoms with Gasteiger partial charge in [-0.15, -0.1) is 0 Å². The molecule has 1 aliphatic heterocycles. The Bertz CT molecular complexity index is 263. The van der Waals surface area contributed by atoms with E-state index < -0.39 is 0 Å². The molecule has 100 valence electrons. The first kappa shape index (κ1) is 16.3. The first-order valence-electron chi connectivity index (χ1n) is 6.79. The molecule has 1 rings (SSSR count). The second-order valence-electron chi connectivity index (χ2n) is 4.05. The van der Waals surface area contributed by atoms with Crippen molar-refractivity contribution in [3.8, 4) is 0 Å². The third-order valence-electron chi connectivity index (χ3n) is 2.85. The number of hydrogen-bond donors (Lipinski definition) is 1. The van der Waals surface area contributed by atoms with Crippen molar-refractivity contribution in [2.75, 3.05) is 26.2 Å². The van der Waals surface area contributed by atoms with E-state index in [1.54, 1.807) is 0 Å². The third kappa shape index (κ3) is 5.46. The number of nitrogens with zero attached hydrogens (tertiary/aromatic N) is 2. The minimum Gasteiger partial charge on any atom is -0.395 e. The minimum absolute atomic E-state index is 0.235. The van der Waals surface area contributed by atoms with Gasteiger partial charge in [-0.05, 0) is 25.3 Å². The van der Waals surface area contributed by atoms with E-state index in [9.17, 15) is 0 Å². The lowest BCUT2D eigenvalue weighted by atomic mass is 10.2. The smallest absolute Gasteiger partial charge is 0.0558 e. The van der Waals surface area contributed by atoms with Crippen LogP contribution in [0.2, 0.25) is 0 Å². The van der Waals surface area contributed by atoms with Gasteiger partial charge in [0.25, 0.3) is 0 Å². The van der Waals surface area contributed by atoms with E-state index in [2.05, 4.69) is 25.7 Å². The molecule has 0 bridgehead atoms. The summed E-state index contributed by atoms with van der Waals surface area (Å²) in [6, 6.07) is 0. The van der Waals surface area contributed by atoms with E-state index in [4.69, 9.17) is 10.1 Å². The lowest BCUT2D eigenvalue weighted by molar-refractivity contribution is 0.223. The lowest BCUT2D eigenvalue weighted by Crippen LogP contribution is -2.24. The molecule has 3 nitrogen and oxygen atoms in total. The normalized spacial score (nSPS) is 15.6. The molecule has 0 amide bonds. The highest BCUT2D eigenvalue weighted by Crippen LogP contribution is 2.18. The molecule has 0 saturated heterocycles. The molecule has 17 heavy (non-hydrogen) atoms. The van der Waals surface area contributed by atoms with Gasteiger partial charge in [-0.3, -0.25) is 9.89 Å². The number of aliphatic imine (C=N–C) groups is 1. The van der Waals surface area contributed by atoms with Crippen LogP contribution in [-0.4, -0.2) is 42.0 Å². The van der Waals surface area contributed by atoms with Crippen molar-refractivity contribution in [2.45, 2.75) is 47.5 Å². The summed E-state index contributed by atoms with van der Waals surface area (Å²) in [5.41, 5.74) is 3.83. The van der Waals surface area contributed by atoms with Crippen molar-refractivity contribution in [2.24, 2.45) is 4.99 Å². The Balaban J connectivity index is 0.00000121. The van der Waals surface area contributed by atoms with Gasteiger partial charge in [0.1, 0.15) is 0 Å². The summed E-state index contributed by atoms with van der Waals surface area (Å²) < 4.78 is 0. The highest BCUT2D eigenvalue weighted by molar-refractivity contribution is 5.85. The molecule has 1 N–H and O–H groups in total. The Hall–Kier alpha value is -0.670. The Kier molecular flexibility index (Phi) is 9.00. The zero-order chi connectivity index (χ0) is 13.3. The van der Waals surface area contributed by atoms with Gasteiger partial charge in [0.2, 0.25) is 0 Å². The van der Waals surface area contributed by atoms with Crippen molar-refractivity contribution >= 4 is 5.71 Å². The quantitative estimate of drug-likeness (QED) is 0.750. The molecule has 3 heteroatoms. The summed E-state index contributed by atoms with van der Waals surface area (Å²) in [6.07, 6.45) is 2.07. The maximum atomic E-state index is 8.88. The molecule has 1 aliphatic rings. The number of β-amino-alcohol motifs (C(OH)–C–C–N with tert-alkyl or cyclic N) is 1. The number of rotatable bonds is 5. The van der Waals surface area contributed by atoms with Crippen LogP contribution in [0.5, 0.6) is 0 Å². The lowest BCUT2D eigenvalue weighted by Gasteiger charge is -2.12. The van der Waals surface area contributed by atoms with E-state index >= 15 is 0 Å². The van der Waals surface area contributed by atoms with Crippen LogP contribution in [0.15, 0.2) is 16.3 Å². The van der Waals surface area contributed by atoms with E-state index in [-0.39, 0.29) is 6.61 Å². The van der Waals surface area contributed by atoms with Crippen LogP contribution in [0.4, 0.5) is 0 Å². The fourth-order valence-corrected chi connectivity index (χ4v) is 1.86. The second kappa shape index (κ2) is 9.37. The predicted molar refractivity (Wildman–Crippen MR) is 75.6 cm³/mol. The van der Waals surface area contributed by atoms with Crippen LogP contribution >= 0.6 is 0 Å². The minimum atomic E-state index is 0.235. The average Bonchev–Trinajstić information content (AvgIpc) is 2.69. The zero-order valence-corrected chi connectivity index (χ0v) is 12.1. The molecule has 1 heterocycles. The predicted octanol–water partition coefficient (Wildman–Crippen LogP) is 2.86. The maximum Gasteiger partial charge on any atom is 0.0558 e. The fourth-order valence-electron chi connectivity index (χ4n) is 1.86. The van der Waals surface area contributed by atoms with Crippen LogP contribution in [0.1, 0.15) is 47.5 Å². The Labute approximate surface area is 106 Å². The molecule has 0 unspecified atom stereocenters. The topological polar surface area (TPSA) is 35.8 Å². The van der Waals surface area contributed by atoms with E-state index in [0.717, 1.165) is 32.5 Å². The van der Waals surface area contributed by atoms with Gasteiger partial charge in [0, 0.05) is 25.3 Å². The van der Waals surface area contributed by atoms with Crippen molar-refractivity contribution in [3.05, 3.63) is 11.3 Å². The number of aliphatic hydroxyl groups excluding tert-OH is 1.